The van der Waals surface area contributed by atoms with Crippen molar-refractivity contribution in [3.05, 3.63) is 518 Å². The normalized spacial score (nSPS) is 14.0. The van der Waals surface area contributed by atoms with Gasteiger partial charge in [0.1, 0.15) is 0 Å². The highest BCUT2D eigenvalue weighted by Gasteiger charge is 2.43. The quantitative estimate of drug-likeness (QED) is 0.115. The van der Waals surface area contributed by atoms with Gasteiger partial charge in [-0.3, -0.25) is 0 Å². The molecule has 27 aromatic carbocycles. The van der Waals surface area contributed by atoms with Gasteiger partial charge in [-0.25, -0.2) is 0 Å². The van der Waals surface area contributed by atoms with Gasteiger partial charge in [0.05, 0.1) is 0 Å². The maximum Gasteiger partial charge on any atom is 0.0159 e. The van der Waals surface area contributed by atoms with Crippen molar-refractivity contribution in [2.24, 2.45) is 0 Å². The van der Waals surface area contributed by atoms with E-state index in [1.807, 2.05) is 0 Å². The minimum atomic E-state index is -0.104. The van der Waals surface area contributed by atoms with Crippen LogP contribution in [0.4, 0.5) is 0 Å². The van der Waals surface area contributed by atoms with Gasteiger partial charge in [-0.15, -0.1) is 0 Å². The van der Waals surface area contributed by atoms with E-state index >= 15 is 0 Å². The van der Waals surface area contributed by atoms with Gasteiger partial charge in [0, 0.05) is 21.7 Å². The monoisotopic (exact) mass is 1850 g/mol. The lowest BCUT2D eigenvalue weighted by atomic mass is 9.79. The first-order chi connectivity index (χ1) is 71.5. The Hall–Kier alpha value is -17.4. The van der Waals surface area contributed by atoms with Crippen LogP contribution in [-0.2, 0) is 21.7 Å². The lowest BCUT2D eigenvalue weighted by Gasteiger charge is -2.24. The third-order valence-electron chi connectivity index (χ3n) is 34.2. The summed E-state index contributed by atoms with van der Waals surface area (Å²) in [4.78, 5) is 0. The lowest BCUT2D eigenvalue weighted by molar-refractivity contribution is 0.660. The molecule has 0 heteroatoms. The van der Waals surface area contributed by atoms with E-state index in [0.717, 1.165) is 0 Å². The Bertz CT molecular complexity index is 10200. The third-order valence-corrected chi connectivity index (χ3v) is 34.2. The summed E-state index contributed by atoms with van der Waals surface area (Å²) in [6.07, 6.45) is 0. The van der Waals surface area contributed by atoms with Crippen molar-refractivity contribution in [2.75, 3.05) is 0 Å². The van der Waals surface area contributed by atoms with Crippen LogP contribution in [0.5, 0.6) is 0 Å². The molecule has 0 fully saturated rings. The fourth-order valence-corrected chi connectivity index (χ4v) is 27.2. The van der Waals surface area contributed by atoms with Crippen molar-refractivity contribution < 1.29 is 0 Å². The molecule has 0 amide bonds. The van der Waals surface area contributed by atoms with Crippen molar-refractivity contribution in [3.63, 3.8) is 0 Å². The van der Waals surface area contributed by atoms with Crippen LogP contribution in [-0.4, -0.2) is 0 Å². The van der Waals surface area contributed by atoms with E-state index < -0.39 is 0 Å². The first kappa shape index (κ1) is 85.4. The summed E-state index contributed by atoms with van der Waals surface area (Å²) in [6, 6.07) is 178. The SMILES string of the molecule is CC1(C)c2cc3ccccc3cc2-c2c(-c3c4ccccc4c(-c4ccc5ccc6ccccc6c5c4)c4ccccc34)cccc21.CC1(C)c2cc3ccccc3cc2-c2c(-c3c4ccccc4c(-c4cccc5c4ccc4cc6ccccc6cc45)c4ccccc34)cccc21.CC1(C)c2ccccc2-c2ccc(-c3c4ccccc4c(-c4cccc5c4-c4cc6ccccc6cc4C5(C)C)c4ccccc34)cc21. The summed E-state index contributed by atoms with van der Waals surface area (Å²) in [7, 11) is 0. The lowest BCUT2D eigenvalue weighted by Crippen LogP contribution is -2.15. The molecule has 0 radical (unpaired) electrons. The average molecular weight is 1860 g/mol. The number of benzene rings is 27. The van der Waals surface area contributed by atoms with E-state index in [4.69, 9.17) is 0 Å². The second-order valence-corrected chi connectivity index (χ2v) is 43.4. The first-order valence-corrected chi connectivity index (χ1v) is 51.8. The summed E-state index contributed by atoms with van der Waals surface area (Å²) >= 11 is 0. The van der Waals surface area contributed by atoms with E-state index in [-0.39, 0.29) is 21.7 Å². The van der Waals surface area contributed by atoms with Crippen molar-refractivity contribution >= 4 is 151 Å². The Kier molecular flexibility index (Phi) is 18.7. The number of hydrogen-bond donors (Lipinski definition) is 0. The predicted octanol–water partition coefficient (Wildman–Crippen LogP) is 40.4. The Balaban J connectivity index is 0.000000104. The van der Waals surface area contributed by atoms with Gasteiger partial charge in [-0.1, -0.05) is 468 Å². The van der Waals surface area contributed by atoms with Gasteiger partial charge in [0.25, 0.3) is 0 Å². The summed E-state index contributed by atoms with van der Waals surface area (Å²) in [6.45, 7) is 19.1. The molecular weight excluding hydrogens is 1750 g/mol. The van der Waals surface area contributed by atoms with Gasteiger partial charge in [0.15, 0.2) is 0 Å². The molecule has 146 heavy (non-hydrogen) atoms. The average Bonchev–Trinajstić information content (AvgIpc) is 1.65. The van der Waals surface area contributed by atoms with E-state index in [2.05, 4.69) is 529 Å². The molecule has 0 saturated carbocycles. The Morgan fingerprint density at radius 1 is 0.103 bits per heavy atom. The van der Waals surface area contributed by atoms with Gasteiger partial charge in [-0.2, -0.15) is 0 Å². The molecule has 0 nitrogen and oxygen atoms in total. The molecule has 0 spiro atoms. The summed E-state index contributed by atoms with van der Waals surface area (Å²) in [5, 5.41) is 36.1. The smallest absolute Gasteiger partial charge is 0.0159 e. The molecule has 0 atom stereocenters. The maximum atomic E-state index is 2.48. The highest BCUT2D eigenvalue weighted by molar-refractivity contribution is 6.29. The molecule has 0 N–H and O–H groups in total. The molecule has 686 valence electrons. The van der Waals surface area contributed by atoms with Crippen LogP contribution < -0.4 is 0 Å². The van der Waals surface area contributed by atoms with E-state index in [1.165, 1.54) is 307 Å². The fourth-order valence-electron chi connectivity index (χ4n) is 27.2. The standard InChI is InChI=1S/C51H34.C48H36.C47H32/c1-51(2)46-24-12-23-43(50(46)45-29-33-15-5-6-16-34(33)30-47(45)51)49-41-19-9-7-17-39(41)48(40-18-8-10-20-42(40)49)38-22-11-21-36-37(38)26-25-35-27-31-13-3-4-14-32(31)28-44(35)36;1-47(2)40-22-12-11-16-32(40)33-25-24-31(28-42(33)47)44-34-17-7-9-19-36(34)45(37-20-10-8-18-35(37)44)38-21-13-23-41-46(38)39-26-29-14-5-6-15-30(29)27-43(39)48(41,3)4;1-47(2)42-21-11-20-39(46(42)41-26-31-13-3-4-14-32(31)28-43(41)47)45-37-18-9-7-16-35(37)44(36-17-8-10-19-38(36)45)33-25-24-30-23-22-29-12-5-6-15-34(29)40(30)27-33/h3-30H,1-2H3;5-28H,1-4H3;3-28H,1-2H3. The Morgan fingerprint density at radius 3 is 0.760 bits per heavy atom. The molecule has 0 saturated heterocycles. The largest absolute Gasteiger partial charge is 0.0619 e. The molecule has 0 bridgehead atoms. The zero-order valence-corrected chi connectivity index (χ0v) is 83.0. The number of rotatable bonds is 6. The summed E-state index contributed by atoms with van der Waals surface area (Å²) < 4.78 is 0. The van der Waals surface area contributed by atoms with Gasteiger partial charge >= 0.3 is 0 Å². The van der Waals surface area contributed by atoms with Crippen LogP contribution >= 0.6 is 0 Å². The van der Waals surface area contributed by atoms with Crippen LogP contribution in [0.15, 0.2) is 473 Å². The molecule has 0 heterocycles. The second kappa shape index (κ2) is 32.0. The van der Waals surface area contributed by atoms with Crippen LogP contribution in [0, 0.1) is 0 Å². The molecule has 0 unspecified atom stereocenters. The Labute approximate surface area is 850 Å². The minimum Gasteiger partial charge on any atom is -0.0619 e. The zero-order chi connectivity index (χ0) is 97.5. The molecule has 27 aromatic rings. The van der Waals surface area contributed by atoms with E-state index in [9.17, 15) is 0 Å². The molecule has 0 aromatic heterocycles. The number of fused-ring (bicyclic) bond motifs is 28. The third kappa shape index (κ3) is 12.6. The van der Waals surface area contributed by atoms with Crippen LogP contribution in [0.1, 0.15) is 99.9 Å². The van der Waals surface area contributed by atoms with Gasteiger partial charge < -0.3 is 0 Å². The molecule has 0 aliphatic heterocycles. The second-order valence-electron chi connectivity index (χ2n) is 43.4. The zero-order valence-electron chi connectivity index (χ0n) is 83.0. The van der Waals surface area contributed by atoms with Gasteiger partial charge in [-0.05, 0) is 367 Å². The summed E-state index contributed by atoms with van der Waals surface area (Å²) in [5.41, 5.74) is 37.5. The molecule has 4 aliphatic carbocycles. The molecule has 4 aliphatic rings. The highest BCUT2D eigenvalue weighted by atomic mass is 14.5. The number of hydrogen-bond acceptors (Lipinski definition) is 0. The molecule has 31 rings (SSSR count). The van der Waals surface area contributed by atoms with Crippen LogP contribution in [0.2, 0.25) is 0 Å². The Morgan fingerprint density at radius 2 is 0.349 bits per heavy atom. The fraction of sp³-hybridized carbons (Fsp3) is 0.0822. The minimum absolute atomic E-state index is 0.0531. The van der Waals surface area contributed by atoms with E-state index in [0.29, 0.717) is 0 Å². The highest BCUT2D eigenvalue weighted by Crippen LogP contribution is 2.62. The summed E-state index contributed by atoms with van der Waals surface area (Å²) in [5.74, 6) is 0. The van der Waals surface area contributed by atoms with Crippen molar-refractivity contribution in [3.8, 4) is 111 Å². The van der Waals surface area contributed by atoms with Crippen molar-refractivity contribution in [2.45, 2.75) is 77.0 Å². The van der Waals surface area contributed by atoms with Crippen molar-refractivity contribution in [1.29, 1.82) is 0 Å². The topological polar surface area (TPSA) is 0 Å². The van der Waals surface area contributed by atoms with Crippen molar-refractivity contribution in [1.82, 2.24) is 0 Å². The van der Waals surface area contributed by atoms with Crippen LogP contribution in [0.25, 0.3) is 262 Å². The predicted molar refractivity (Wildman–Crippen MR) is 627 cm³/mol. The van der Waals surface area contributed by atoms with Gasteiger partial charge in [0.2, 0.25) is 0 Å². The molecular formula is C146H102. The van der Waals surface area contributed by atoms with E-state index in [1.54, 1.807) is 0 Å². The maximum absolute atomic E-state index is 2.48. The first-order valence-electron chi connectivity index (χ1n) is 51.8. The van der Waals surface area contributed by atoms with Crippen LogP contribution in [0.3, 0.4) is 0 Å².